The predicted octanol–water partition coefficient (Wildman–Crippen LogP) is 1.74. The predicted molar refractivity (Wildman–Crippen MR) is 81.5 cm³/mol. The van der Waals surface area contributed by atoms with E-state index in [0.29, 0.717) is 6.54 Å². The van der Waals surface area contributed by atoms with E-state index in [-0.39, 0.29) is 19.0 Å². The molecular weight excluding hydrogens is 288 g/mol. The van der Waals surface area contributed by atoms with Crippen LogP contribution in [0.5, 0.6) is 0 Å². The average Bonchev–Trinajstić information content (AvgIpc) is 2.63. The lowest BCUT2D eigenvalue weighted by molar-refractivity contribution is 0.0269. The number of amides is 2. The number of hydrogen-bond acceptors (Lipinski definition) is 5. The third kappa shape index (κ3) is 6.51. The molecule has 2 atom stereocenters. The lowest BCUT2D eigenvalue weighted by Gasteiger charge is -2.24. The van der Waals surface area contributed by atoms with Gasteiger partial charge in [-0.15, -0.1) is 0 Å². The van der Waals surface area contributed by atoms with Gasteiger partial charge in [0, 0.05) is 19.0 Å². The summed E-state index contributed by atoms with van der Waals surface area (Å²) in [5, 5.41) is 12.6. The van der Waals surface area contributed by atoms with Crippen molar-refractivity contribution in [2.45, 2.75) is 58.8 Å². The van der Waals surface area contributed by atoms with Gasteiger partial charge in [-0.1, -0.05) is 0 Å². The first kappa shape index (κ1) is 18.5. The highest BCUT2D eigenvalue weighted by Crippen LogP contribution is 2.19. The Morgan fingerprint density at radius 3 is 2.14 bits per heavy atom. The summed E-state index contributed by atoms with van der Waals surface area (Å²) in [6, 6.07) is 0. The first-order valence-corrected chi connectivity index (χ1v) is 7.50. The maximum Gasteiger partial charge on any atom is 0.410 e. The number of aliphatic hydroxyl groups is 1. The van der Waals surface area contributed by atoms with Crippen LogP contribution in [0.2, 0.25) is 0 Å². The first-order chi connectivity index (χ1) is 9.87. The summed E-state index contributed by atoms with van der Waals surface area (Å²) in [6.45, 7) is 11.5. The highest BCUT2D eigenvalue weighted by molar-refractivity contribution is 5.69. The summed E-state index contributed by atoms with van der Waals surface area (Å²) in [7, 11) is 0. The molecule has 0 aliphatic carbocycles. The molecule has 0 spiro atoms. The van der Waals surface area contributed by atoms with Gasteiger partial charge in [0.05, 0.1) is 12.6 Å². The number of rotatable bonds is 2. The fraction of sp³-hybridized carbons (Fsp3) is 0.867. The molecule has 128 valence electrons. The number of aliphatic hydroxyl groups excluding tert-OH is 1. The van der Waals surface area contributed by atoms with Gasteiger partial charge in [-0.05, 0) is 41.5 Å². The number of nitrogens with one attached hydrogen (secondary N) is 1. The van der Waals surface area contributed by atoms with E-state index >= 15 is 0 Å². The summed E-state index contributed by atoms with van der Waals surface area (Å²) < 4.78 is 10.4. The van der Waals surface area contributed by atoms with Crippen LogP contribution in [0, 0.1) is 5.92 Å². The minimum Gasteiger partial charge on any atom is -0.444 e. The fourth-order valence-corrected chi connectivity index (χ4v) is 2.06. The SMILES string of the molecule is CC(C)(C)OC(=O)NC[C@@H]1CN(C(=O)OC(C)(C)C)C[C@H]1O. The molecule has 1 aliphatic rings. The van der Waals surface area contributed by atoms with Gasteiger partial charge in [-0.3, -0.25) is 0 Å². The molecule has 0 bridgehead atoms. The van der Waals surface area contributed by atoms with Crippen molar-refractivity contribution in [2.75, 3.05) is 19.6 Å². The molecular formula is C15H28N2O5. The highest BCUT2D eigenvalue weighted by Gasteiger charge is 2.36. The summed E-state index contributed by atoms with van der Waals surface area (Å²) in [5.74, 6) is -0.236. The Kier molecular flexibility index (Phi) is 5.67. The molecule has 1 rings (SSSR count). The zero-order valence-electron chi connectivity index (χ0n) is 14.3. The molecule has 0 aromatic carbocycles. The van der Waals surface area contributed by atoms with Gasteiger partial charge in [-0.2, -0.15) is 0 Å². The summed E-state index contributed by atoms with van der Waals surface area (Å²) in [4.78, 5) is 25.0. The van der Waals surface area contributed by atoms with Gasteiger partial charge < -0.3 is 24.8 Å². The van der Waals surface area contributed by atoms with E-state index in [1.807, 2.05) is 0 Å². The average molecular weight is 316 g/mol. The lowest BCUT2D eigenvalue weighted by Crippen LogP contribution is -2.38. The molecule has 2 amide bonds. The molecule has 22 heavy (non-hydrogen) atoms. The smallest absolute Gasteiger partial charge is 0.410 e. The zero-order chi connectivity index (χ0) is 17.1. The molecule has 7 nitrogen and oxygen atoms in total. The second-order valence-corrected chi connectivity index (χ2v) is 7.60. The quantitative estimate of drug-likeness (QED) is 0.810. The van der Waals surface area contributed by atoms with Crippen LogP contribution in [0.15, 0.2) is 0 Å². The molecule has 1 heterocycles. The van der Waals surface area contributed by atoms with Crippen molar-refractivity contribution in [3.8, 4) is 0 Å². The van der Waals surface area contributed by atoms with E-state index in [1.54, 1.807) is 41.5 Å². The molecule has 2 N–H and O–H groups in total. The van der Waals surface area contributed by atoms with Crippen LogP contribution in [0.25, 0.3) is 0 Å². The molecule has 0 radical (unpaired) electrons. The van der Waals surface area contributed by atoms with Crippen molar-refractivity contribution < 1.29 is 24.2 Å². The van der Waals surface area contributed by atoms with E-state index in [0.717, 1.165) is 0 Å². The van der Waals surface area contributed by atoms with Crippen molar-refractivity contribution in [3.63, 3.8) is 0 Å². The fourth-order valence-electron chi connectivity index (χ4n) is 2.06. The number of alkyl carbamates (subject to hydrolysis) is 1. The third-order valence-electron chi connectivity index (χ3n) is 2.97. The topological polar surface area (TPSA) is 88.1 Å². The first-order valence-electron chi connectivity index (χ1n) is 7.50. The van der Waals surface area contributed by atoms with Crippen LogP contribution in [0.1, 0.15) is 41.5 Å². The second-order valence-electron chi connectivity index (χ2n) is 7.60. The largest absolute Gasteiger partial charge is 0.444 e. The van der Waals surface area contributed by atoms with Gasteiger partial charge in [0.2, 0.25) is 0 Å². The van der Waals surface area contributed by atoms with Crippen LogP contribution in [0.4, 0.5) is 9.59 Å². The van der Waals surface area contributed by atoms with E-state index < -0.39 is 29.5 Å². The molecule has 1 fully saturated rings. The van der Waals surface area contributed by atoms with Gasteiger partial charge in [-0.25, -0.2) is 9.59 Å². The van der Waals surface area contributed by atoms with Crippen molar-refractivity contribution in [3.05, 3.63) is 0 Å². The number of carbonyl (C=O) groups excluding carboxylic acids is 2. The standard InChI is InChI=1S/C15H28N2O5/c1-14(2,3)21-12(19)16-7-10-8-17(9-11(10)18)13(20)22-15(4,5)6/h10-11,18H,7-9H2,1-6H3,(H,16,19)/t10-,11-/m1/s1. The van der Waals surface area contributed by atoms with Gasteiger partial charge in [0.15, 0.2) is 0 Å². The number of β-amino-alcohol motifs (C(OH)–C–C–N with tert-alkyl or cyclic N) is 1. The van der Waals surface area contributed by atoms with Crippen LogP contribution >= 0.6 is 0 Å². The third-order valence-corrected chi connectivity index (χ3v) is 2.97. The highest BCUT2D eigenvalue weighted by atomic mass is 16.6. The number of ether oxygens (including phenoxy) is 2. The molecule has 1 aliphatic heterocycles. The molecule has 1 saturated heterocycles. The second kappa shape index (κ2) is 6.73. The van der Waals surface area contributed by atoms with Gasteiger partial charge in [0.1, 0.15) is 11.2 Å². The zero-order valence-corrected chi connectivity index (χ0v) is 14.3. The molecule has 7 heteroatoms. The monoisotopic (exact) mass is 316 g/mol. The van der Waals surface area contributed by atoms with Crippen LogP contribution in [0.3, 0.4) is 0 Å². The Balaban J connectivity index is 2.44. The Morgan fingerprint density at radius 2 is 1.64 bits per heavy atom. The number of likely N-dealkylation sites (tertiary alicyclic amines) is 1. The Labute approximate surface area is 131 Å². The summed E-state index contributed by atoms with van der Waals surface area (Å²) in [5.41, 5.74) is -1.14. The normalized spacial score (nSPS) is 22.4. The minimum absolute atomic E-state index is 0.204. The maximum absolute atomic E-state index is 12.0. The van der Waals surface area contributed by atoms with E-state index in [9.17, 15) is 14.7 Å². The lowest BCUT2D eigenvalue weighted by atomic mass is 10.1. The van der Waals surface area contributed by atoms with Crippen molar-refractivity contribution >= 4 is 12.2 Å². The maximum atomic E-state index is 12.0. The van der Waals surface area contributed by atoms with Crippen LogP contribution in [-0.4, -0.2) is 59.1 Å². The van der Waals surface area contributed by atoms with Gasteiger partial charge >= 0.3 is 12.2 Å². The molecule has 0 saturated carbocycles. The summed E-state index contributed by atoms with van der Waals surface area (Å²) in [6.07, 6.45) is -1.68. The van der Waals surface area contributed by atoms with E-state index in [4.69, 9.17) is 9.47 Å². The number of carbonyl (C=O) groups is 2. The molecule has 0 aromatic rings. The van der Waals surface area contributed by atoms with E-state index in [2.05, 4.69) is 5.32 Å². The van der Waals surface area contributed by atoms with Crippen LogP contribution < -0.4 is 5.32 Å². The Morgan fingerprint density at radius 1 is 1.09 bits per heavy atom. The van der Waals surface area contributed by atoms with Crippen molar-refractivity contribution in [1.29, 1.82) is 0 Å². The van der Waals surface area contributed by atoms with Gasteiger partial charge in [0.25, 0.3) is 0 Å². The number of nitrogens with zero attached hydrogens (tertiary/aromatic N) is 1. The van der Waals surface area contributed by atoms with Crippen LogP contribution in [-0.2, 0) is 9.47 Å². The van der Waals surface area contributed by atoms with Crippen molar-refractivity contribution in [1.82, 2.24) is 10.2 Å². The summed E-state index contributed by atoms with van der Waals surface area (Å²) >= 11 is 0. The Bertz CT molecular complexity index is 411. The van der Waals surface area contributed by atoms with Crippen molar-refractivity contribution in [2.24, 2.45) is 5.92 Å². The number of hydrogen-bond donors (Lipinski definition) is 2. The Hall–Kier alpha value is -1.50. The van der Waals surface area contributed by atoms with E-state index in [1.165, 1.54) is 4.90 Å². The molecule has 0 aromatic heterocycles. The molecule has 0 unspecified atom stereocenters. The minimum atomic E-state index is -0.692.